The van der Waals surface area contributed by atoms with Crippen LogP contribution in [0.5, 0.6) is 0 Å². The third-order valence-corrected chi connectivity index (χ3v) is 7.16. The lowest BCUT2D eigenvalue weighted by Crippen LogP contribution is -2.47. The highest BCUT2D eigenvalue weighted by Crippen LogP contribution is 2.42. The Morgan fingerprint density at radius 1 is 0.838 bits per heavy atom. The first-order valence-corrected chi connectivity index (χ1v) is 13.1. The van der Waals surface area contributed by atoms with E-state index in [9.17, 15) is 9.59 Å². The van der Waals surface area contributed by atoms with Gasteiger partial charge in [-0.2, -0.15) is 0 Å². The molecule has 2 amide bonds. The second kappa shape index (κ2) is 10.8. The number of carbonyl (C=O) groups excluding carboxylic acids is 2. The first-order chi connectivity index (χ1) is 18.0. The highest BCUT2D eigenvalue weighted by molar-refractivity contribution is 6.30. The van der Waals surface area contributed by atoms with Crippen molar-refractivity contribution in [3.63, 3.8) is 0 Å². The molecule has 0 N–H and O–H groups in total. The fraction of sp³-hybridized carbons (Fsp3) is 0.200. The Hall–Kier alpha value is -3.54. The van der Waals surface area contributed by atoms with E-state index in [2.05, 4.69) is 11.5 Å². The molecular weight excluding hydrogens is 505 g/mol. The van der Waals surface area contributed by atoms with Crippen molar-refractivity contribution in [2.75, 3.05) is 18.0 Å². The first-order valence-electron chi connectivity index (χ1n) is 12.4. The molecule has 1 unspecified atom stereocenters. The fourth-order valence-corrected chi connectivity index (χ4v) is 5.09. The number of hydrogen-bond acceptors (Lipinski definition) is 2. The minimum absolute atomic E-state index is 0.0411. The number of hydrogen-bond donors (Lipinski definition) is 0. The van der Waals surface area contributed by atoms with Crippen molar-refractivity contribution in [2.45, 2.75) is 25.8 Å². The van der Waals surface area contributed by atoms with Crippen LogP contribution in [0.2, 0.25) is 10.0 Å². The van der Waals surface area contributed by atoms with Crippen LogP contribution in [0.25, 0.3) is 5.69 Å². The standard InChI is InChI=1S/C30H27Cl2N3O2/c1-2-3-18-33(30(37)22-12-16-24(32)17-13-22)20-28(36)35-26-8-5-4-7-25(26)34-19-6-9-27(34)29(35)21-10-14-23(31)15-11-21/h4-17,19,29H,2-3,18,20H2,1H3. The van der Waals surface area contributed by atoms with Crippen LogP contribution in [0.1, 0.15) is 47.4 Å². The monoisotopic (exact) mass is 531 g/mol. The molecule has 0 fully saturated rings. The molecule has 188 valence electrons. The molecule has 1 aromatic heterocycles. The number of amides is 2. The molecule has 37 heavy (non-hydrogen) atoms. The average molecular weight is 532 g/mol. The number of rotatable bonds is 7. The molecule has 5 rings (SSSR count). The summed E-state index contributed by atoms with van der Waals surface area (Å²) in [6.07, 6.45) is 3.72. The molecular formula is C30H27Cl2N3O2. The molecule has 1 atom stereocenters. The second-order valence-electron chi connectivity index (χ2n) is 9.10. The molecule has 1 aliphatic heterocycles. The minimum Gasteiger partial charge on any atom is -0.329 e. The van der Waals surface area contributed by atoms with Crippen LogP contribution in [-0.4, -0.2) is 34.4 Å². The number of halogens is 2. The molecule has 7 heteroatoms. The van der Waals surface area contributed by atoms with Gasteiger partial charge in [0, 0.05) is 28.4 Å². The Morgan fingerprint density at radius 3 is 2.16 bits per heavy atom. The number of aromatic nitrogens is 1. The fourth-order valence-electron chi connectivity index (χ4n) is 4.84. The number of para-hydroxylation sites is 2. The summed E-state index contributed by atoms with van der Waals surface area (Å²) in [5.74, 6) is -0.339. The number of nitrogens with zero attached hydrogens (tertiary/aromatic N) is 3. The van der Waals surface area contributed by atoms with E-state index in [1.807, 2.05) is 71.8 Å². The van der Waals surface area contributed by atoms with Crippen molar-refractivity contribution in [3.05, 3.63) is 118 Å². The van der Waals surface area contributed by atoms with Gasteiger partial charge in [0.05, 0.1) is 17.1 Å². The summed E-state index contributed by atoms with van der Waals surface area (Å²) in [6, 6.07) is 25.9. The lowest BCUT2D eigenvalue weighted by atomic mass is 9.97. The second-order valence-corrected chi connectivity index (χ2v) is 9.97. The highest BCUT2D eigenvalue weighted by Gasteiger charge is 2.37. The number of carbonyl (C=O) groups is 2. The quantitative estimate of drug-likeness (QED) is 0.254. The summed E-state index contributed by atoms with van der Waals surface area (Å²) in [6.45, 7) is 2.51. The van der Waals surface area contributed by atoms with Crippen LogP contribution < -0.4 is 4.90 Å². The number of fused-ring (bicyclic) bond motifs is 3. The van der Waals surface area contributed by atoms with Crippen molar-refractivity contribution in [1.82, 2.24) is 9.47 Å². The molecule has 1 aliphatic rings. The topological polar surface area (TPSA) is 45.6 Å². The minimum atomic E-state index is -0.367. The zero-order chi connectivity index (χ0) is 25.9. The molecule has 0 saturated heterocycles. The van der Waals surface area contributed by atoms with Crippen molar-refractivity contribution < 1.29 is 9.59 Å². The molecule has 4 aromatic rings. The Kier molecular flexibility index (Phi) is 7.36. The number of anilines is 1. The SMILES string of the molecule is CCCCN(CC(=O)N1c2ccccc2-n2cccc2C1c1ccc(Cl)cc1)C(=O)c1ccc(Cl)cc1. The van der Waals surface area contributed by atoms with Gasteiger partial charge in [-0.25, -0.2) is 0 Å². The van der Waals surface area contributed by atoms with Crippen LogP contribution >= 0.6 is 23.2 Å². The summed E-state index contributed by atoms with van der Waals surface area (Å²) in [4.78, 5) is 31.1. The van der Waals surface area contributed by atoms with Gasteiger partial charge in [-0.3, -0.25) is 14.5 Å². The smallest absolute Gasteiger partial charge is 0.254 e. The van der Waals surface area contributed by atoms with Gasteiger partial charge in [-0.15, -0.1) is 0 Å². The van der Waals surface area contributed by atoms with E-state index < -0.39 is 0 Å². The third kappa shape index (κ3) is 5.02. The predicted molar refractivity (Wildman–Crippen MR) is 149 cm³/mol. The molecule has 0 spiro atoms. The van der Waals surface area contributed by atoms with Crippen LogP contribution in [-0.2, 0) is 4.79 Å². The summed E-state index contributed by atoms with van der Waals surface area (Å²) in [5.41, 5.74) is 4.14. The Bertz CT molecular complexity index is 1410. The van der Waals surface area contributed by atoms with Gasteiger partial charge in [0.25, 0.3) is 5.91 Å². The van der Waals surface area contributed by atoms with Gasteiger partial charge in [-0.1, -0.05) is 60.8 Å². The lowest BCUT2D eigenvalue weighted by Gasteiger charge is -2.39. The summed E-state index contributed by atoms with van der Waals surface area (Å²) in [5, 5.41) is 1.19. The largest absolute Gasteiger partial charge is 0.329 e. The molecule has 3 aromatic carbocycles. The van der Waals surface area contributed by atoms with E-state index in [1.54, 1.807) is 29.2 Å². The normalized spacial score (nSPS) is 14.1. The van der Waals surface area contributed by atoms with Crippen LogP contribution in [0.4, 0.5) is 5.69 Å². The average Bonchev–Trinajstić information content (AvgIpc) is 3.41. The zero-order valence-electron chi connectivity index (χ0n) is 20.5. The van der Waals surface area contributed by atoms with Crippen molar-refractivity contribution in [1.29, 1.82) is 0 Å². The maximum absolute atomic E-state index is 14.2. The summed E-state index contributed by atoms with van der Waals surface area (Å²) < 4.78 is 2.12. The summed E-state index contributed by atoms with van der Waals surface area (Å²) >= 11 is 12.2. The van der Waals surface area contributed by atoms with Gasteiger partial charge < -0.3 is 9.47 Å². The van der Waals surface area contributed by atoms with E-state index >= 15 is 0 Å². The van der Waals surface area contributed by atoms with Gasteiger partial charge in [0.1, 0.15) is 12.6 Å². The molecule has 0 bridgehead atoms. The lowest BCUT2D eigenvalue weighted by molar-refractivity contribution is -0.119. The van der Waals surface area contributed by atoms with Gasteiger partial charge in [-0.05, 0) is 72.6 Å². The Morgan fingerprint density at radius 2 is 1.49 bits per heavy atom. The van der Waals surface area contributed by atoms with Crippen LogP contribution in [0.3, 0.4) is 0 Å². The molecule has 0 radical (unpaired) electrons. The summed E-state index contributed by atoms with van der Waals surface area (Å²) in [7, 11) is 0. The Labute approximate surface area is 226 Å². The van der Waals surface area contributed by atoms with Crippen molar-refractivity contribution >= 4 is 40.7 Å². The maximum Gasteiger partial charge on any atom is 0.254 e. The van der Waals surface area contributed by atoms with E-state index in [1.165, 1.54) is 0 Å². The number of unbranched alkanes of at least 4 members (excludes halogenated alkanes) is 1. The number of benzene rings is 3. The van der Waals surface area contributed by atoms with E-state index in [-0.39, 0.29) is 24.4 Å². The van der Waals surface area contributed by atoms with Crippen molar-refractivity contribution in [2.24, 2.45) is 0 Å². The van der Waals surface area contributed by atoms with Crippen molar-refractivity contribution in [3.8, 4) is 5.69 Å². The van der Waals surface area contributed by atoms with E-state index in [4.69, 9.17) is 23.2 Å². The van der Waals surface area contributed by atoms with Crippen LogP contribution in [0, 0.1) is 0 Å². The van der Waals surface area contributed by atoms with E-state index in [0.717, 1.165) is 35.5 Å². The molecule has 0 saturated carbocycles. The first kappa shape index (κ1) is 25.1. The Balaban J connectivity index is 1.55. The van der Waals surface area contributed by atoms with E-state index in [0.29, 0.717) is 22.2 Å². The molecule has 0 aliphatic carbocycles. The molecule has 2 heterocycles. The maximum atomic E-state index is 14.2. The third-order valence-electron chi connectivity index (χ3n) is 6.66. The van der Waals surface area contributed by atoms with Gasteiger partial charge >= 0.3 is 0 Å². The predicted octanol–water partition coefficient (Wildman–Crippen LogP) is 7.16. The zero-order valence-corrected chi connectivity index (χ0v) is 22.0. The highest BCUT2D eigenvalue weighted by atomic mass is 35.5. The van der Waals surface area contributed by atoms with Gasteiger partial charge in [0.2, 0.25) is 5.91 Å². The van der Waals surface area contributed by atoms with Gasteiger partial charge in [0.15, 0.2) is 0 Å². The molecule has 5 nitrogen and oxygen atoms in total. The van der Waals surface area contributed by atoms with Crippen LogP contribution in [0.15, 0.2) is 91.1 Å².